The molecular formula is C15H23N3OS. The zero-order valence-electron chi connectivity index (χ0n) is 11.8. The van der Waals surface area contributed by atoms with E-state index in [2.05, 4.69) is 39.7 Å². The van der Waals surface area contributed by atoms with Crippen LogP contribution in [0.4, 0.5) is 0 Å². The normalized spacial score (nSPS) is 19.0. The van der Waals surface area contributed by atoms with Gasteiger partial charge in [0.05, 0.1) is 12.6 Å². The van der Waals surface area contributed by atoms with Crippen molar-refractivity contribution in [2.45, 2.75) is 31.9 Å². The fourth-order valence-corrected chi connectivity index (χ4v) is 2.75. The molecule has 1 fully saturated rings. The molecule has 4 nitrogen and oxygen atoms in total. The van der Waals surface area contributed by atoms with Gasteiger partial charge in [0.1, 0.15) is 0 Å². The molecule has 2 N–H and O–H groups in total. The van der Waals surface area contributed by atoms with Gasteiger partial charge in [-0.3, -0.25) is 0 Å². The first-order chi connectivity index (χ1) is 9.88. The summed E-state index contributed by atoms with van der Waals surface area (Å²) < 4.78 is 5.62. The number of guanidine groups is 1. The Morgan fingerprint density at radius 2 is 2.50 bits per heavy atom. The van der Waals surface area contributed by atoms with Gasteiger partial charge in [0, 0.05) is 24.6 Å². The first-order valence-corrected chi connectivity index (χ1v) is 8.03. The van der Waals surface area contributed by atoms with Gasteiger partial charge in [-0.15, -0.1) is 17.9 Å². The van der Waals surface area contributed by atoms with E-state index in [1.165, 1.54) is 17.7 Å². The van der Waals surface area contributed by atoms with E-state index in [0.29, 0.717) is 12.6 Å². The highest BCUT2D eigenvalue weighted by Gasteiger charge is 2.14. The van der Waals surface area contributed by atoms with Gasteiger partial charge in [-0.1, -0.05) is 12.1 Å². The predicted octanol–water partition coefficient (Wildman–Crippen LogP) is 2.54. The van der Waals surface area contributed by atoms with Gasteiger partial charge in [0.25, 0.3) is 0 Å². The Balaban J connectivity index is 1.76. The molecule has 0 bridgehead atoms. The highest BCUT2D eigenvalue weighted by atomic mass is 32.1. The van der Waals surface area contributed by atoms with Crippen LogP contribution >= 0.6 is 11.3 Å². The Kier molecular flexibility index (Phi) is 6.60. The van der Waals surface area contributed by atoms with Gasteiger partial charge in [0.2, 0.25) is 0 Å². The molecule has 20 heavy (non-hydrogen) atoms. The molecule has 0 aromatic carbocycles. The summed E-state index contributed by atoms with van der Waals surface area (Å²) in [6.45, 7) is 6.96. The molecule has 110 valence electrons. The number of nitrogens with one attached hydrogen (secondary N) is 2. The second-order valence-corrected chi connectivity index (χ2v) is 5.80. The highest BCUT2D eigenvalue weighted by Crippen LogP contribution is 2.14. The minimum atomic E-state index is 0.417. The van der Waals surface area contributed by atoms with Gasteiger partial charge in [0.15, 0.2) is 5.96 Å². The van der Waals surface area contributed by atoms with E-state index in [4.69, 9.17) is 4.74 Å². The predicted molar refractivity (Wildman–Crippen MR) is 85.3 cm³/mol. The Hall–Kier alpha value is -1.33. The summed E-state index contributed by atoms with van der Waals surface area (Å²) >= 11 is 1.73. The Morgan fingerprint density at radius 1 is 1.55 bits per heavy atom. The molecule has 1 unspecified atom stereocenters. The summed E-state index contributed by atoms with van der Waals surface area (Å²) in [7, 11) is 0. The molecule has 0 saturated carbocycles. The number of ether oxygens (including phenoxy) is 1. The molecule has 1 saturated heterocycles. The van der Waals surface area contributed by atoms with E-state index in [1.54, 1.807) is 11.3 Å². The second kappa shape index (κ2) is 8.76. The van der Waals surface area contributed by atoms with E-state index in [0.717, 1.165) is 32.1 Å². The van der Waals surface area contributed by atoms with Crippen LogP contribution in [0.15, 0.2) is 35.2 Å². The van der Waals surface area contributed by atoms with Crippen LogP contribution in [0.2, 0.25) is 0 Å². The van der Waals surface area contributed by atoms with E-state index in [9.17, 15) is 0 Å². The molecule has 5 heteroatoms. The summed E-state index contributed by atoms with van der Waals surface area (Å²) in [5.74, 6) is 0.844. The Morgan fingerprint density at radius 3 is 3.20 bits per heavy atom. The van der Waals surface area contributed by atoms with Crippen molar-refractivity contribution in [1.29, 1.82) is 0 Å². The van der Waals surface area contributed by atoms with E-state index >= 15 is 0 Å². The molecule has 1 aromatic rings. The Bertz CT molecular complexity index is 411. The van der Waals surface area contributed by atoms with Crippen molar-refractivity contribution >= 4 is 17.3 Å². The molecule has 2 rings (SSSR count). The van der Waals surface area contributed by atoms with Gasteiger partial charge < -0.3 is 15.4 Å². The maximum Gasteiger partial charge on any atom is 0.191 e. The van der Waals surface area contributed by atoms with Crippen molar-refractivity contribution in [3.05, 3.63) is 35.0 Å². The first-order valence-electron chi connectivity index (χ1n) is 7.15. The van der Waals surface area contributed by atoms with Gasteiger partial charge in [-0.25, -0.2) is 4.99 Å². The summed E-state index contributed by atoms with van der Waals surface area (Å²) in [6, 6.07) is 4.16. The third-order valence-corrected chi connectivity index (χ3v) is 4.03. The van der Waals surface area contributed by atoms with Crippen LogP contribution in [0.25, 0.3) is 0 Å². The van der Waals surface area contributed by atoms with Crippen LogP contribution in [-0.2, 0) is 11.3 Å². The van der Waals surface area contributed by atoms with E-state index in [-0.39, 0.29) is 0 Å². The number of hydrogen-bond donors (Lipinski definition) is 2. The lowest BCUT2D eigenvalue weighted by Gasteiger charge is -2.13. The van der Waals surface area contributed by atoms with Crippen LogP contribution in [0.5, 0.6) is 0 Å². The van der Waals surface area contributed by atoms with Gasteiger partial charge in [-0.05, 0) is 30.7 Å². The van der Waals surface area contributed by atoms with Crippen LogP contribution < -0.4 is 10.6 Å². The van der Waals surface area contributed by atoms with Crippen LogP contribution in [0.1, 0.15) is 24.1 Å². The molecular weight excluding hydrogens is 270 g/mol. The zero-order chi connectivity index (χ0) is 14.0. The summed E-state index contributed by atoms with van der Waals surface area (Å²) in [5.41, 5.74) is 0. The lowest BCUT2D eigenvalue weighted by atomic mass is 10.2. The lowest BCUT2D eigenvalue weighted by molar-refractivity contribution is 0.105. The number of rotatable bonds is 7. The van der Waals surface area contributed by atoms with Crippen LogP contribution in [0, 0.1) is 0 Å². The molecule has 0 radical (unpaired) electrons. The van der Waals surface area contributed by atoms with Crippen LogP contribution in [0.3, 0.4) is 0 Å². The average molecular weight is 293 g/mol. The fraction of sp³-hybridized carbons (Fsp3) is 0.533. The quantitative estimate of drug-likeness (QED) is 0.461. The van der Waals surface area contributed by atoms with Crippen molar-refractivity contribution in [2.24, 2.45) is 4.99 Å². The van der Waals surface area contributed by atoms with Crippen molar-refractivity contribution in [3.63, 3.8) is 0 Å². The third kappa shape index (κ3) is 5.35. The van der Waals surface area contributed by atoms with Crippen molar-refractivity contribution in [3.8, 4) is 0 Å². The molecule has 0 spiro atoms. The smallest absolute Gasteiger partial charge is 0.191 e. The number of nitrogens with zero attached hydrogens (tertiary/aromatic N) is 1. The van der Waals surface area contributed by atoms with Crippen molar-refractivity contribution in [2.75, 3.05) is 19.7 Å². The maximum atomic E-state index is 5.62. The van der Waals surface area contributed by atoms with Gasteiger partial charge >= 0.3 is 0 Å². The lowest BCUT2D eigenvalue weighted by Crippen LogP contribution is -2.38. The summed E-state index contributed by atoms with van der Waals surface area (Å²) in [6.07, 6.45) is 5.67. The maximum absolute atomic E-state index is 5.62. The fourth-order valence-electron chi connectivity index (χ4n) is 2.13. The molecule has 1 aromatic heterocycles. The molecule has 1 aliphatic rings. The van der Waals surface area contributed by atoms with E-state index < -0.39 is 0 Å². The number of aliphatic imine (C=N–C) groups is 1. The molecule has 1 atom stereocenters. The third-order valence-electron chi connectivity index (χ3n) is 3.17. The highest BCUT2D eigenvalue weighted by molar-refractivity contribution is 7.09. The molecule has 0 aliphatic carbocycles. The SMILES string of the molecule is C=CCNC(=NCc1cccs1)NCCC1CCCO1. The first kappa shape index (κ1) is 15.1. The standard InChI is InChI=1S/C15H23N3OS/c1-2-8-16-15(18-12-14-6-4-11-20-14)17-9-7-13-5-3-10-19-13/h2,4,6,11,13H,1,3,5,7-10,12H2,(H2,16,17,18). The number of hydrogen-bond acceptors (Lipinski definition) is 3. The largest absolute Gasteiger partial charge is 0.378 e. The molecule has 0 amide bonds. The topological polar surface area (TPSA) is 45.7 Å². The van der Waals surface area contributed by atoms with Crippen LogP contribution in [-0.4, -0.2) is 31.8 Å². The molecule has 1 aliphatic heterocycles. The summed E-state index contributed by atoms with van der Waals surface area (Å²) in [4.78, 5) is 5.85. The van der Waals surface area contributed by atoms with Crippen molar-refractivity contribution < 1.29 is 4.74 Å². The summed E-state index contributed by atoms with van der Waals surface area (Å²) in [5, 5.41) is 8.68. The van der Waals surface area contributed by atoms with E-state index in [1.807, 2.05) is 6.08 Å². The Labute approximate surface area is 124 Å². The monoisotopic (exact) mass is 293 g/mol. The molecule has 2 heterocycles. The minimum absolute atomic E-state index is 0.417. The second-order valence-electron chi connectivity index (χ2n) is 4.76. The minimum Gasteiger partial charge on any atom is -0.378 e. The average Bonchev–Trinajstić information content (AvgIpc) is 3.14. The zero-order valence-corrected chi connectivity index (χ0v) is 12.6. The van der Waals surface area contributed by atoms with Gasteiger partial charge in [-0.2, -0.15) is 0 Å². The number of thiophene rings is 1. The van der Waals surface area contributed by atoms with Crippen molar-refractivity contribution in [1.82, 2.24) is 10.6 Å².